The van der Waals surface area contributed by atoms with Crippen molar-refractivity contribution in [3.05, 3.63) is 0 Å². The van der Waals surface area contributed by atoms with Crippen LogP contribution in [0.1, 0.15) is 19.8 Å². The second-order valence-corrected chi connectivity index (χ2v) is 4.46. The lowest BCUT2D eigenvalue weighted by molar-refractivity contribution is 0.00519. The van der Waals surface area contributed by atoms with E-state index in [1.807, 2.05) is 0 Å². The molecule has 2 rings (SSSR count). The molecule has 2 fully saturated rings. The summed E-state index contributed by atoms with van der Waals surface area (Å²) in [4.78, 5) is 6.49. The van der Waals surface area contributed by atoms with Gasteiger partial charge in [0.15, 0.2) is 5.96 Å². The predicted octanol–water partition coefficient (Wildman–Crippen LogP) is 0.201. The maximum atomic E-state index is 5.95. The number of guanidine groups is 1. The van der Waals surface area contributed by atoms with Gasteiger partial charge in [-0.2, -0.15) is 0 Å². The minimum absolute atomic E-state index is 0.241. The molecule has 0 aromatic rings. The Kier molecular flexibility index (Phi) is 4.01. The van der Waals surface area contributed by atoms with E-state index in [0.29, 0.717) is 12.5 Å². The second-order valence-electron chi connectivity index (χ2n) is 4.46. The fourth-order valence-corrected chi connectivity index (χ4v) is 2.11. The molecule has 2 aliphatic heterocycles. The Morgan fingerprint density at radius 1 is 1.44 bits per heavy atom. The van der Waals surface area contributed by atoms with Crippen LogP contribution < -0.4 is 5.73 Å². The van der Waals surface area contributed by atoms with Gasteiger partial charge in [-0.3, -0.25) is 4.99 Å². The molecule has 2 N–H and O–H groups in total. The lowest BCUT2D eigenvalue weighted by atomic mass is 10.2. The summed E-state index contributed by atoms with van der Waals surface area (Å²) in [5.41, 5.74) is 5.95. The van der Waals surface area contributed by atoms with E-state index >= 15 is 0 Å². The van der Waals surface area contributed by atoms with Crippen molar-refractivity contribution in [3.8, 4) is 0 Å². The monoisotopic (exact) mass is 227 g/mol. The Bertz CT molecular complexity index is 252. The van der Waals surface area contributed by atoms with Gasteiger partial charge >= 0.3 is 0 Å². The Labute approximate surface area is 96.6 Å². The summed E-state index contributed by atoms with van der Waals surface area (Å²) in [6.45, 7) is 6.02. The number of morpholine rings is 1. The van der Waals surface area contributed by atoms with E-state index in [2.05, 4.69) is 16.8 Å². The Hall–Kier alpha value is -0.810. The number of ether oxygens (including phenoxy) is 2. The normalized spacial score (nSPS) is 32.1. The van der Waals surface area contributed by atoms with Crippen LogP contribution in [0.4, 0.5) is 0 Å². The lowest BCUT2D eigenvalue weighted by Crippen LogP contribution is -2.48. The van der Waals surface area contributed by atoms with Gasteiger partial charge < -0.3 is 20.1 Å². The first-order chi connectivity index (χ1) is 7.75. The van der Waals surface area contributed by atoms with Gasteiger partial charge in [0, 0.05) is 19.7 Å². The van der Waals surface area contributed by atoms with Gasteiger partial charge in [0.25, 0.3) is 0 Å². The van der Waals surface area contributed by atoms with E-state index in [9.17, 15) is 0 Å². The molecule has 2 heterocycles. The minimum atomic E-state index is 0.241. The number of hydrogen-bond acceptors (Lipinski definition) is 3. The predicted molar refractivity (Wildman–Crippen MR) is 62.5 cm³/mol. The van der Waals surface area contributed by atoms with Crippen LogP contribution in [0.15, 0.2) is 4.99 Å². The van der Waals surface area contributed by atoms with Gasteiger partial charge in [-0.15, -0.1) is 0 Å². The van der Waals surface area contributed by atoms with Crippen LogP contribution in [0.5, 0.6) is 0 Å². The zero-order valence-electron chi connectivity index (χ0n) is 9.89. The van der Waals surface area contributed by atoms with Gasteiger partial charge in [-0.05, 0) is 19.8 Å². The highest BCUT2D eigenvalue weighted by Gasteiger charge is 2.19. The molecule has 0 radical (unpaired) electrons. The Morgan fingerprint density at radius 2 is 2.31 bits per heavy atom. The highest BCUT2D eigenvalue weighted by molar-refractivity contribution is 5.78. The maximum absolute atomic E-state index is 5.95. The summed E-state index contributed by atoms with van der Waals surface area (Å²) in [5, 5.41) is 0. The van der Waals surface area contributed by atoms with Crippen LogP contribution >= 0.6 is 0 Å². The second kappa shape index (κ2) is 5.50. The van der Waals surface area contributed by atoms with Crippen LogP contribution in [0.2, 0.25) is 0 Å². The summed E-state index contributed by atoms with van der Waals surface area (Å²) in [5.74, 6) is 0.630. The summed E-state index contributed by atoms with van der Waals surface area (Å²) in [7, 11) is 0. The molecule has 2 unspecified atom stereocenters. The highest BCUT2D eigenvalue weighted by Crippen LogP contribution is 2.12. The average molecular weight is 227 g/mol. The van der Waals surface area contributed by atoms with E-state index in [4.69, 9.17) is 15.2 Å². The Morgan fingerprint density at radius 3 is 3.00 bits per heavy atom. The number of nitrogens with zero attached hydrogens (tertiary/aromatic N) is 2. The largest absolute Gasteiger partial charge is 0.376 e. The van der Waals surface area contributed by atoms with Crippen LogP contribution in [0.3, 0.4) is 0 Å². The third kappa shape index (κ3) is 3.09. The molecule has 0 aliphatic carbocycles. The number of aliphatic imine (C=N–C) groups is 1. The molecular formula is C11H21N3O2. The first-order valence-electron chi connectivity index (χ1n) is 6.04. The molecule has 0 aromatic heterocycles. The maximum Gasteiger partial charge on any atom is 0.191 e. The van der Waals surface area contributed by atoms with Crippen molar-refractivity contribution in [2.24, 2.45) is 10.7 Å². The van der Waals surface area contributed by atoms with Crippen LogP contribution in [-0.4, -0.2) is 55.9 Å². The molecule has 0 amide bonds. The fourth-order valence-electron chi connectivity index (χ4n) is 2.11. The van der Waals surface area contributed by atoms with Gasteiger partial charge in [0.1, 0.15) is 0 Å². The number of nitrogens with two attached hydrogens (primary N) is 1. The molecule has 5 nitrogen and oxygen atoms in total. The standard InChI is InChI=1S/C11H21N3O2/c1-9-8-14(4-6-15-9)11(12)13-7-10-3-2-5-16-10/h9-10H,2-8H2,1H3,(H2,12,13). The summed E-state index contributed by atoms with van der Waals surface area (Å²) in [6.07, 6.45) is 2.77. The molecule has 0 bridgehead atoms. The van der Waals surface area contributed by atoms with Gasteiger partial charge in [0.2, 0.25) is 0 Å². The zero-order valence-corrected chi connectivity index (χ0v) is 9.89. The number of hydrogen-bond donors (Lipinski definition) is 1. The molecule has 16 heavy (non-hydrogen) atoms. The highest BCUT2D eigenvalue weighted by atomic mass is 16.5. The molecular weight excluding hydrogens is 206 g/mol. The zero-order chi connectivity index (χ0) is 11.4. The molecule has 2 aliphatic rings. The smallest absolute Gasteiger partial charge is 0.191 e. The SMILES string of the molecule is CC1CN(C(N)=NCC2CCCO2)CCO1. The van der Waals surface area contributed by atoms with Crippen molar-refractivity contribution in [3.63, 3.8) is 0 Å². The van der Waals surface area contributed by atoms with Gasteiger partial charge in [-0.25, -0.2) is 0 Å². The van der Waals surface area contributed by atoms with E-state index in [0.717, 1.165) is 39.1 Å². The minimum Gasteiger partial charge on any atom is -0.376 e. The lowest BCUT2D eigenvalue weighted by Gasteiger charge is -2.31. The molecule has 92 valence electrons. The van der Waals surface area contributed by atoms with Crippen molar-refractivity contribution >= 4 is 5.96 Å². The molecule has 0 spiro atoms. The van der Waals surface area contributed by atoms with E-state index < -0.39 is 0 Å². The van der Waals surface area contributed by atoms with Crippen molar-refractivity contribution in [2.75, 3.05) is 32.8 Å². The number of rotatable bonds is 2. The van der Waals surface area contributed by atoms with Gasteiger partial charge in [0.05, 0.1) is 25.4 Å². The van der Waals surface area contributed by atoms with E-state index in [-0.39, 0.29) is 12.2 Å². The molecule has 0 aromatic carbocycles. The fraction of sp³-hybridized carbons (Fsp3) is 0.909. The first-order valence-corrected chi connectivity index (χ1v) is 6.04. The molecule has 0 saturated carbocycles. The molecule has 2 saturated heterocycles. The first kappa shape index (κ1) is 11.7. The summed E-state index contributed by atoms with van der Waals surface area (Å²) < 4.78 is 11.0. The average Bonchev–Trinajstić information content (AvgIpc) is 2.78. The van der Waals surface area contributed by atoms with Crippen molar-refractivity contribution < 1.29 is 9.47 Å². The van der Waals surface area contributed by atoms with Crippen molar-refractivity contribution in [1.82, 2.24) is 4.90 Å². The molecule has 5 heteroatoms. The van der Waals surface area contributed by atoms with Crippen LogP contribution in [0.25, 0.3) is 0 Å². The van der Waals surface area contributed by atoms with E-state index in [1.54, 1.807) is 0 Å². The Balaban J connectivity index is 1.80. The van der Waals surface area contributed by atoms with E-state index in [1.165, 1.54) is 0 Å². The topological polar surface area (TPSA) is 60.1 Å². The third-order valence-electron chi connectivity index (χ3n) is 3.05. The molecule has 2 atom stereocenters. The van der Waals surface area contributed by atoms with Gasteiger partial charge in [-0.1, -0.05) is 0 Å². The van der Waals surface area contributed by atoms with Crippen LogP contribution in [-0.2, 0) is 9.47 Å². The van der Waals surface area contributed by atoms with Crippen molar-refractivity contribution in [1.29, 1.82) is 0 Å². The summed E-state index contributed by atoms with van der Waals surface area (Å²) >= 11 is 0. The third-order valence-corrected chi connectivity index (χ3v) is 3.05. The van der Waals surface area contributed by atoms with Crippen LogP contribution in [0, 0.1) is 0 Å². The quantitative estimate of drug-likeness (QED) is 0.541. The summed E-state index contributed by atoms with van der Waals surface area (Å²) in [6, 6.07) is 0. The van der Waals surface area contributed by atoms with Crippen molar-refractivity contribution in [2.45, 2.75) is 32.0 Å².